The summed E-state index contributed by atoms with van der Waals surface area (Å²) in [5, 5.41) is 11.7. The average molecular weight is 272 g/mol. The predicted octanol–water partition coefficient (Wildman–Crippen LogP) is 2.02. The van der Waals surface area contributed by atoms with Crippen molar-refractivity contribution in [3.8, 4) is 11.3 Å². The summed E-state index contributed by atoms with van der Waals surface area (Å²) in [6.07, 6.45) is 1.67. The predicted molar refractivity (Wildman–Crippen MR) is 70.0 cm³/mol. The molecule has 3 aromatic rings. The van der Waals surface area contributed by atoms with Crippen molar-refractivity contribution in [1.82, 2.24) is 9.38 Å². The smallest absolute Gasteiger partial charge is 0.137 e. The summed E-state index contributed by atoms with van der Waals surface area (Å²) in [6.45, 7) is 0. The highest BCUT2D eigenvalue weighted by Gasteiger charge is 2.07. The molecule has 0 saturated heterocycles. The van der Waals surface area contributed by atoms with Crippen LogP contribution >= 0.6 is 11.6 Å². The minimum Gasteiger partial charge on any atom is -0.543 e. The van der Waals surface area contributed by atoms with Crippen LogP contribution in [0.3, 0.4) is 0 Å². The summed E-state index contributed by atoms with van der Waals surface area (Å²) in [5.74, 6) is -1.23. The zero-order chi connectivity index (χ0) is 13.4. The maximum absolute atomic E-state index is 11.0. The molecule has 0 fully saturated rings. The van der Waals surface area contributed by atoms with E-state index in [1.165, 1.54) is 10.5 Å². The number of carboxylic acids is 1. The van der Waals surface area contributed by atoms with Crippen LogP contribution in [0.5, 0.6) is 0 Å². The summed E-state index contributed by atoms with van der Waals surface area (Å²) >= 11 is 5.83. The molecule has 2 aromatic heterocycles. The molecule has 5 heteroatoms. The van der Waals surface area contributed by atoms with Gasteiger partial charge in [-0.15, -0.1) is 0 Å². The topological polar surface area (TPSA) is 57.4 Å². The lowest BCUT2D eigenvalue weighted by atomic mass is 10.2. The number of fused-ring (bicyclic) bond motifs is 1. The van der Waals surface area contributed by atoms with Gasteiger partial charge in [-0.3, -0.25) is 4.40 Å². The summed E-state index contributed by atoms with van der Waals surface area (Å²) in [4.78, 5) is 15.4. The maximum atomic E-state index is 11.0. The molecular weight excluding hydrogens is 264 g/mol. The number of carbonyl (C=O) groups excluding carboxylic acids is 1. The first kappa shape index (κ1) is 11.7. The van der Waals surface area contributed by atoms with Crippen molar-refractivity contribution in [3.05, 3.63) is 59.4 Å². The Morgan fingerprint density at radius 3 is 2.58 bits per heavy atom. The van der Waals surface area contributed by atoms with Crippen LogP contribution in [0.15, 0.2) is 48.7 Å². The van der Waals surface area contributed by atoms with Gasteiger partial charge in [-0.05, 0) is 24.3 Å². The average Bonchev–Trinajstić information content (AvgIpc) is 2.82. The Hall–Kier alpha value is -2.33. The summed E-state index contributed by atoms with van der Waals surface area (Å²) in [6, 6.07) is 12.1. The Morgan fingerprint density at radius 2 is 1.89 bits per heavy atom. The van der Waals surface area contributed by atoms with Crippen LogP contribution in [-0.4, -0.2) is 15.4 Å². The number of benzene rings is 1. The molecule has 19 heavy (non-hydrogen) atoms. The van der Waals surface area contributed by atoms with Gasteiger partial charge in [0.05, 0.1) is 17.4 Å². The molecule has 4 nitrogen and oxygen atoms in total. The third-order valence-corrected chi connectivity index (χ3v) is 3.09. The van der Waals surface area contributed by atoms with E-state index in [1.807, 2.05) is 12.1 Å². The Balaban J connectivity index is 2.19. The SMILES string of the molecule is O=C([O-])c1cccc2nc(-c3ccc(Cl)cc3)cn12. The first-order valence-corrected chi connectivity index (χ1v) is 5.98. The zero-order valence-corrected chi connectivity index (χ0v) is 10.5. The number of hydrogen-bond donors (Lipinski definition) is 0. The quantitative estimate of drug-likeness (QED) is 0.716. The molecule has 0 aliphatic rings. The first-order chi connectivity index (χ1) is 9.15. The van der Waals surface area contributed by atoms with Crippen molar-refractivity contribution in [2.75, 3.05) is 0 Å². The number of pyridine rings is 1. The van der Waals surface area contributed by atoms with Gasteiger partial charge in [-0.1, -0.05) is 29.8 Å². The Morgan fingerprint density at radius 1 is 1.16 bits per heavy atom. The van der Waals surface area contributed by atoms with Gasteiger partial charge in [0.25, 0.3) is 0 Å². The van der Waals surface area contributed by atoms with E-state index in [0.29, 0.717) is 16.4 Å². The van der Waals surface area contributed by atoms with E-state index in [2.05, 4.69) is 4.98 Å². The molecule has 0 saturated carbocycles. The molecular formula is C14H8ClN2O2-. The van der Waals surface area contributed by atoms with Crippen LogP contribution < -0.4 is 5.11 Å². The van der Waals surface area contributed by atoms with E-state index in [1.54, 1.807) is 30.5 Å². The van der Waals surface area contributed by atoms with E-state index < -0.39 is 5.97 Å². The highest BCUT2D eigenvalue weighted by molar-refractivity contribution is 6.30. The fourth-order valence-corrected chi connectivity index (χ4v) is 2.06. The minimum atomic E-state index is -1.23. The van der Waals surface area contributed by atoms with E-state index in [9.17, 15) is 9.90 Å². The van der Waals surface area contributed by atoms with E-state index >= 15 is 0 Å². The largest absolute Gasteiger partial charge is 0.543 e. The van der Waals surface area contributed by atoms with Crippen LogP contribution in [0, 0.1) is 0 Å². The number of nitrogens with zero attached hydrogens (tertiary/aromatic N) is 2. The van der Waals surface area contributed by atoms with Crippen LogP contribution in [0.2, 0.25) is 5.02 Å². The molecule has 3 rings (SSSR count). The molecule has 0 unspecified atom stereocenters. The van der Waals surface area contributed by atoms with Gasteiger partial charge in [-0.2, -0.15) is 0 Å². The molecule has 0 atom stereocenters. The second-order valence-corrected chi connectivity index (χ2v) is 4.50. The van der Waals surface area contributed by atoms with Crippen molar-refractivity contribution in [3.63, 3.8) is 0 Å². The highest BCUT2D eigenvalue weighted by atomic mass is 35.5. The number of hydrogen-bond acceptors (Lipinski definition) is 3. The molecule has 1 aromatic carbocycles. The first-order valence-electron chi connectivity index (χ1n) is 5.60. The van der Waals surface area contributed by atoms with Crippen molar-refractivity contribution in [2.24, 2.45) is 0 Å². The molecule has 0 aliphatic carbocycles. The minimum absolute atomic E-state index is 0.0743. The summed E-state index contributed by atoms with van der Waals surface area (Å²) in [7, 11) is 0. The van der Waals surface area contributed by atoms with Gasteiger partial charge in [0.1, 0.15) is 5.65 Å². The van der Waals surface area contributed by atoms with Crippen LogP contribution in [0.25, 0.3) is 16.9 Å². The molecule has 0 bridgehead atoms. The monoisotopic (exact) mass is 271 g/mol. The Labute approximate surface area is 113 Å². The molecule has 0 spiro atoms. The van der Waals surface area contributed by atoms with Gasteiger partial charge in [-0.25, -0.2) is 4.98 Å². The Bertz CT molecular complexity index is 763. The number of carbonyl (C=O) groups is 1. The number of aromatic carboxylic acids is 1. The molecule has 0 aliphatic heterocycles. The van der Waals surface area contributed by atoms with Crippen molar-refractivity contribution < 1.29 is 9.90 Å². The number of rotatable bonds is 2. The number of halogens is 1. The fraction of sp³-hybridized carbons (Fsp3) is 0. The normalized spacial score (nSPS) is 10.8. The van der Waals surface area contributed by atoms with Crippen LogP contribution in [0.4, 0.5) is 0 Å². The zero-order valence-electron chi connectivity index (χ0n) is 9.71. The third-order valence-electron chi connectivity index (χ3n) is 2.84. The van der Waals surface area contributed by atoms with Crippen molar-refractivity contribution >= 4 is 23.2 Å². The standard InChI is InChI=1S/C14H9ClN2O2/c15-10-6-4-9(5-7-10)11-8-17-12(14(18)19)2-1-3-13(17)16-11/h1-8H,(H,18,19)/p-1. The highest BCUT2D eigenvalue weighted by Crippen LogP contribution is 2.21. The van der Waals surface area contributed by atoms with E-state index in [-0.39, 0.29) is 5.69 Å². The number of imidazole rings is 1. The maximum Gasteiger partial charge on any atom is 0.137 e. The fourth-order valence-electron chi connectivity index (χ4n) is 1.94. The second-order valence-electron chi connectivity index (χ2n) is 4.06. The van der Waals surface area contributed by atoms with E-state index in [4.69, 9.17) is 11.6 Å². The Kier molecular flexibility index (Phi) is 2.72. The number of carboxylic acid groups (broad SMARTS) is 1. The van der Waals surface area contributed by atoms with Crippen molar-refractivity contribution in [2.45, 2.75) is 0 Å². The second kappa shape index (κ2) is 4.40. The summed E-state index contributed by atoms with van der Waals surface area (Å²) in [5.41, 5.74) is 2.19. The van der Waals surface area contributed by atoms with Crippen LogP contribution in [-0.2, 0) is 0 Å². The van der Waals surface area contributed by atoms with Crippen molar-refractivity contribution in [1.29, 1.82) is 0 Å². The van der Waals surface area contributed by atoms with E-state index in [0.717, 1.165) is 5.56 Å². The van der Waals surface area contributed by atoms with Gasteiger partial charge in [0.2, 0.25) is 0 Å². The molecule has 94 valence electrons. The molecule has 2 heterocycles. The lowest BCUT2D eigenvalue weighted by molar-refractivity contribution is -0.255. The molecule has 0 radical (unpaired) electrons. The van der Waals surface area contributed by atoms with Gasteiger partial charge in [0.15, 0.2) is 0 Å². The molecule has 0 N–H and O–H groups in total. The van der Waals surface area contributed by atoms with Gasteiger partial charge < -0.3 is 9.90 Å². The third kappa shape index (κ3) is 2.06. The number of aromatic nitrogens is 2. The van der Waals surface area contributed by atoms with Gasteiger partial charge in [0, 0.05) is 16.8 Å². The summed E-state index contributed by atoms with van der Waals surface area (Å²) < 4.78 is 1.50. The lowest BCUT2D eigenvalue weighted by Crippen LogP contribution is -2.24. The van der Waals surface area contributed by atoms with Gasteiger partial charge >= 0.3 is 0 Å². The van der Waals surface area contributed by atoms with Crippen LogP contribution in [0.1, 0.15) is 10.5 Å². The lowest BCUT2D eigenvalue weighted by Gasteiger charge is -2.04. The molecule has 0 amide bonds.